The number of rotatable bonds is 23. The first-order valence-electron chi connectivity index (χ1n) is 20.8. The van der Waals surface area contributed by atoms with E-state index in [1.165, 1.54) is 77.0 Å². The second kappa shape index (κ2) is 23.7. The summed E-state index contributed by atoms with van der Waals surface area (Å²) in [6.07, 6.45) is 15.5. The van der Waals surface area contributed by atoms with Crippen LogP contribution in [0, 0.1) is 0 Å². The molecule has 2 amide bonds. The van der Waals surface area contributed by atoms with E-state index in [4.69, 9.17) is 14.2 Å². The molecule has 8 nitrogen and oxygen atoms in total. The van der Waals surface area contributed by atoms with Crippen molar-refractivity contribution >= 4 is 17.4 Å². The van der Waals surface area contributed by atoms with Crippen LogP contribution >= 0.6 is 0 Å². The lowest BCUT2D eigenvalue weighted by molar-refractivity contribution is -0.253. The van der Waals surface area contributed by atoms with Crippen molar-refractivity contribution in [2.24, 2.45) is 0 Å². The number of hydrogen-bond donors (Lipinski definition) is 3. The Labute approximate surface area is 329 Å². The van der Waals surface area contributed by atoms with Crippen LogP contribution in [0.15, 0.2) is 103 Å². The van der Waals surface area contributed by atoms with Crippen LogP contribution in [0.1, 0.15) is 126 Å². The lowest BCUT2D eigenvalue weighted by Gasteiger charge is -2.38. The predicted octanol–water partition coefficient (Wildman–Crippen LogP) is 12.2. The van der Waals surface area contributed by atoms with E-state index in [1.54, 1.807) is 0 Å². The zero-order valence-electron chi connectivity index (χ0n) is 33.1. The maximum absolute atomic E-state index is 12.9. The largest absolute Gasteiger partial charge is 0.457 e. The number of benzene rings is 4. The van der Waals surface area contributed by atoms with Gasteiger partial charge in [0.25, 0.3) is 0 Å². The highest BCUT2D eigenvalue weighted by Gasteiger charge is 2.33. The minimum Gasteiger partial charge on any atom is -0.457 e. The summed E-state index contributed by atoms with van der Waals surface area (Å²) in [7, 11) is 0. The summed E-state index contributed by atoms with van der Waals surface area (Å²) in [4.78, 5) is 15.5. The van der Waals surface area contributed by atoms with Gasteiger partial charge in [-0.1, -0.05) is 133 Å². The third-order valence-electron chi connectivity index (χ3n) is 10.3. The number of urea groups is 1. The number of amides is 2. The standard InChI is InChI=1S/C47H63N3O5/c1-3-5-7-9-11-16-32-50(33-17-12-10-8-6-4-2)35-44-34-45(38-22-20-37(36-51)21-23-38)55-46(54-44)39-24-26-40(27-25-39)48-47(52)49-41-28-30-43(31-29-41)53-42-18-14-13-15-19-42/h13-15,18-31,44-46,51H,3-12,16-17,32-36H2,1-2H3,(H2,48,49,52). The number of aliphatic hydroxyl groups excluding tert-OH is 1. The number of anilines is 2. The molecule has 1 aliphatic rings. The first kappa shape index (κ1) is 41.9. The molecule has 0 spiro atoms. The number of nitrogens with zero attached hydrogens (tertiary/aromatic N) is 1. The van der Waals surface area contributed by atoms with Crippen molar-refractivity contribution in [1.82, 2.24) is 4.90 Å². The molecule has 1 saturated heterocycles. The Hall–Kier alpha value is -4.21. The van der Waals surface area contributed by atoms with Crippen LogP contribution in [0.5, 0.6) is 11.5 Å². The summed E-state index contributed by atoms with van der Waals surface area (Å²) in [5.41, 5.74) is 4.19. The number of hydrogen-bond acceptors (Lipinski definition) is 6. The molecule has 296 valence electrons. The van der Waals surface area contributed by atoms with Gasteiger partial charge in [-0.05, 0) is 85.6 Å². The minimum absolute atomic E-state index is 0.00508. The molecular formula is C47H63N3O5. The Morgan fingerprint density at radius 3 is 1.76 bits per heavy atom. The van der Waals surface area contributed by atoms with Gasteiger partial charge in [0.1, 0.15) is 11.5 Å². The van der Waals surface area contributed by atoms with Gasteiger partial charge in [-0.15, -0.1) is 0 Å². The van der Waals surface area contributed by atoms with Crippen molar-refractivity contribution in [3.63, 3.8) is 0 Å². The molecule has 1 fully saturated rings. The molecule has 5 rings (SSSR count). The number of nitrogens with one attached hydrogen (secondary N) is 2. The average Bonchev–Trinajstić information content (AvgIpc) is 3.21. The van der Waals surface area contributed by atoms with Gasteiger partial charge in [0.15, 0.2) is 6.29 Å². The van der Waals surface area contributed by atoms with E-state index in [1.807, 2.05) is 91.0 Å². The Morgan fingerprint density at radius 2 is 1.18 bits per heavy atom. The van der Waals surface area contributed by atoms with Crippen LogP contribution in [-0.4, -0.2) is 41.8 Å². The van der Waals surface area contributed by atoms with Crippen molar-refractivity contribution in [1.29, 1.82) is 0 Å². The summed E-state index contributed by atoms with van der Waals surface area (Å²) < 4.78 is 19.3. The number of unbranched alkanes of at least 4 members (excludes halogenated alkanes) is 10. The molecule has 55 heavy (non-hydrogen) atoms. The van der Waals surface area contributed by atoms with Crippen molar-refractivity contribution in [3.8, 4) is 11.5 Å². The number of para-hydroxylation sites is 1. The molecule has 8 heteroatoms. The molecular weight excluding hydrogens is 687 g/mol. The predicted molar refractivity (Wildman–Crippen MR) is 224 cm³/mol. The van der Waals surface area contributed by atoms with Crippen molar-refractivity contribution in [3.05, 3.63) is 120 Å². The molecule has 4 aromatic carbocycles. The van der Waals surface area contributed by atoms with E-state index >= 15 is 0 Å². The van der Waals surface area contributed by atoms with Crippen molar-refractivity contribution < 1.29 is 24.1 Å². The fraction of sp³-hybridized carbons (Fsp3) is 0.468. The Kier molecular flexibility index (Phi) is 18.0. The Morgan fingerprint density at radius 1 is 0.655 bits per heavy atom. The van der Waals surface area contributed by atoms with E-state index in [9.17, 15) is 9.90 Å². The molecule has 4 aromatic rings. The topological polar surface area (TPSA) is 92.3 Å². The molecule has 3 atom stereocenters. The van der Waals surface area contributed by atoms with E-state index < -0.39 is 6.29 Å². The lowest BCUT2D eigenvalue weighted by atomic mass is 9.99. The second-order valence-electron chi connectivity index (χ2n) is 14.8. The van der Waals surface area contributed by atoms with E-state index in [2.05, 4.69) is 41.5 Å². The van der Waals surface area contributed by atoms with Crippen LogP contribution in [0.4, 0.5) is 16.2 Å². The van der Waals surface area contributed by atoms with Gasteiger partial charge >= 0.3 is 6.03 Å². The zero-order chi connectivity index (χ0) is 38.5. The molecule has 0 bridgehead atoms. The first-order valence-corrected chi connectivity index (χ1v) is 20.8. The summed E-state index contributed by atoms with van der Waals surface area (Å²) in [6.45, 7) is 7.61. The van der Waals surface area contributed by atoms with Crippen LogP contribution < -0.4 is 15.4 Å². The Balaban J connectivity index is 1.21. The number of ether oxygens (including phenoxy) is 3. The highest BCUT2D eigenvalue weighted by Crippen LogP contribution is 2.38. The fourth-order valence-corrected chi connectivity index (χ4v) is 7.09. The monoisotopic (exact) mass is 749 g/mol. The maximum atomic E-state index is 12.9. The second-order valence-corrected chi connectivity index (χ2v) is 14.8. The summed E-state index contributed by atoms with van der Waals surface area (Å²) in [5.74, 6) is 1.44. The zero-order valence-corrected chi connectivity index (χ0v) is 33.1. The smallest absolute Gasteiger partial charge is 0.323 e. The Bertz CT molecular complexity index is 1620. The summed E-state index contributed by atoms with van der Waals surface area (Å²) in [6, 6.07) is 32.3. The molecule has 0 aromatic heterocycles. The van der Waals surface area contributed by atoms with Crippen LogP contribution in [0.3, 0.4) is 0 Å². The van der Waals surface area contributed by atoms with Gasteiger partial charge < -0.3 is 34.9 Å². The van der Waals surface area contributed by atoms with Crippen LogP contribution in [-0.2, 0) is 16.1 Å². The highest BCUT2D eigenvalue weighted by molar-refractivity contribution is 5.99. The molecule has 0 radical (unpaired) electrons. The molecule has 3 unspecified atom stereocenters. The first-order chi connectivity index (χ1) is 27.0. The number of aliphatic hydroxyl groups is 1. The molecule has 3 N–H and O–H groups in total. The van der Waals surface area contributed by atoms with Gasteiger partial charge in [-0.2, -0.15) is 0 Å². The van der Waals surface area contributed by atoms with Gasteiger partial charge in [0.2, 0.25) is 0 Å². The van der Waals surface area contributed by atoms with E-state index in [0.717, 1.165) is 48.5 Å². The van der Waals surface area contributed by atoms with Crippen molar-refractivity contribution in [2.45, 2.75) is 122 Å². The van der Waals surface area contributed by atoms with Crippen LogP contribution in [0.25, 0.3) is 0 Å². The summed E-state index contributed by atoms with van der Waals surface area (Å²) in [5, 5.41) is 15.5. The molecule has 1 aliphatic heterocycles. The third-order valence-corrected chi connectivity index (χ3v) is 10.3. The lowest BCUT2D eigenvalue weighted by Crippen LogP contribution is -2.40. The molecule has 0 aliphatic carbocycles. The van der Waals surface area contributed by atoms with Crippen LogP contribution in [0.2, 0.25) is 0 Å². The van der Waals surface area contributed by atoms with E-state index in [0.29, 0.717) is 17.1 Å². The summed E-state index contributed by atoms with van der Waals surface area (Å²) >= 11 is 0. The van der Waals surface area contributed by atoms with Crippen molar-refractivity contribution in [2.75, 3.05) is 30.3 Å². The van der Waals surface area contributed by atoms with Gasteiger partial charge in [-0.3, -0.25) is 0 Å². The highest BCUT2D eigenvalue weighted by atomic mass is 16.7. The minimum atomic E-state index is -0.550. The normalized spacial score (nSPS) is 16.9. The molecule has 1 heterocycles. The SMILES string of the molecule is CCCCCCCCN(CCCCCCCC)CC1CC(c2ccc(CO)cc2)OC(c2ccc(NC(=O)Nc3ccc(Oc4ccccc4)cc3)cc2)O1. The quantitative estimate of drug-likeness (QED) is 0.0654. The fourth-order valence-electron chi connectivity index (χ4n) is 7.09. The third kappa shape index (κ3) is 14.8. The average molecular weight is 750 g/mol. The van der Waals surface area contributed by atoms with Gasteiger partial charge in [-0.25, -0.2) is 4.79 Å². The molecule has 0 saturated carbocycles. The number of carbonyl (C=O) groups excluding carboxylic acids is 1. The maximum Gasteiger partial charge on any atom is 0.323 e. The number of carbonyl (C=O) groups is 1. The van der Waals surface area contributed by atoms with E-state index in [-0.39, 0.29) is 24.8 Å². The van der Waals surface area contributed by atoms with Gasteiger partial charge in [0.05, 0.1) is 18.8 Å². The van der Waals surface area contributed by atoms with Gasteiger partial charge in [0, 0.05) is 29.9 Å².